The normalized spacial score (nSPS) is 16.3. The largest absolute Gasteiger partial charge is 0.0831 e. The van der Waals surface area contributed by atoms with Crippen LogP contribution in [0.25, 0.3) is 0 Å². The maximum atomic E-state index is 4.85. The molecule has 0 nitrogen and oxygen atoms in total. The van der Waals surface area contributed by atoms with Crippen LogP contribution >= 0.6 is 12.2 Å². The standard InChI is InChI=1S/C9H17S/c1-4-6-7-9(3,5-2)8-10/h4-7H2,1-3H3. The summed E-state index contributed by atoms with van der Waals surface area (Å²) in [5.41, 5.74) is 0.200. The molecule has 0 spiro atoms. The molecule has 0 fully saturated rings. The van der Waals surface area contributed by atoms with Crippen molar-refractivity contribution in [2.45, 2.75) is 46.5 Å². The van der Waals surface area contributed by atoms with E-state index in [0.717, 1.165) is 6.42 Å². The van der Waals surface area contributed by atoms with Crippen molar-refractivity contribution in [1.82, 2.24) is 0 Å². The Morgan fingerprint density at radius 1 is 1.40 bits per heavy atom. The lowest BCUT2D eigenvalue weighted by Crippen LogP contribution is -2.15. The lowest BCUT2D eigenvalue weighted by atomic mass is 9.85. The van der Waals surface area contributed by atoms with Gasteiger partial charge in [0, 0.05) is 10.8 Å². The molecular formula is C9H17S. The predicted molar refractivity (Wildman–Crippen MR) is 50.5 cm³/mol. The van der Waals surface area contributed by atoms with Crippen LogP contribution in [-0.2, 0) is 0 Å². The first-order valence-electron chi connectivity index (χ1n) is 4.08. The minimum atomic E-state index is 0.200. The van der Waals surface area contributed by atoms with Crippen molar-refractivity contribution in [2.24, 2.45) is 5.41 Å². The van der Waals surface area contributed by atoms with Gasteiger partial charge in [0.25, 0.3) is 0 Å². The second-order valence-electron chi connectivity index (χ2n) is 3.12. The van der Waals surface area contributed by atoms with E-state index in [1.165, 1.54) is 19.3 Å². The molecule has 1 atom stereocenters. The van der Waals surface area contributed by atoms with E-state index in [1.54, 1.807) is 0 Å². The monoisotopic (exact) mass is 157 g/mol. The van der Waals surface area contributed by atoms with Crippen molar-refractivity contribution >= 4 is 17.6 Å². The molecule has 10 heavy (non-hydrogen) atoms. The van der Waals surface area contributed by atoms with Gasteiger partial charge in [-0.15, -0.1) is 0 Å². The van der Waals surface area contributed by atoms with Crippen LogP contribution in [0.5, 0.6) is 0 Å². The van der Waals surface area contributed by atoms with E-state index in [0.29, 0.717) is 0 Å². The van der Waals surface area contributed by atoms with Gasteiger partial charge < -0.3 is 0 Å². The molecule has 1 radical (unpaired) electrons. The zero-order chi connectivity index (χ0) is 8.04. The summed E-state index contributed by atoms with van der Waals surface area (Å²) in [6.07, 6.45) is 4.85. The first kappa shape index (κ1) is 10.1. The lowest BCUT2D eigenvalue weighted by molar-refractivity contribution is 0.411. The van der Waals surface area contributed by atoms with Gasteiger partial charge in [0.15, 0.2) is 0 Å². The summed E-state index contributed by atoms with van der Waals surface area (Å²) in [6.45, 7) is 6.57. The second kappa shape index (κ2) is 4.84. The van der Waals surface area contributed by atoms with Gasteiger partial charge in [0.1, 0.15) is 0 Å². The summed E-state index contributed by atoms with van der Waals surface area (Å²) < 4.78 is 0. The summed E-state index contributed by atoms with van der Waals surface area (Å²) in [5, 5.41) is 2.95. The van der Waals surface area contributed by atoms with Crippen molar-refractivity contribution in [1.29, 1.82) is 0 Å². The van der Waals surface area contributed by atoms with Crippen LogP contribution in [0.2, 0.25) is 0 Å². The van der Waals surface area contributed by atoms with E-state index in [9.17, 15) is 0 Å². The summed E-state index contributed by atoms with van der Waals surface area (Å²) in [4.78, 5) is 0. The molecule has 1 unspecified atom stereocenters. The SMILES string of the molecule is CCCCC(C)([C]=S)CC. The van der Waals surface area contributed by atoms with Crippen molar-refractivity contribution in [3.63, 3.8) is 0 Å². The molecule has 0 aromatic rings. The molecule has 0 N–H and O–H groups in total. The van der Waals surface area contributed by atoms with Gasteiger partial charge in [-0.05, 0) is 12.8 Å². The molecule has 0 aliphatic heterocycles. The number of hydrogen-bond acceptors (Lipinski definition) is 1. The van der Waals surface area contributed by atoms with E-state index in [1.807, 2.05) is 0 Å². The molecule has 0 rings (SSSR count). The van der Waals surface area contributed by atoms with Crippen LogP contribution in [0.4, 0.5) is 0 Å². The van der Waals surface area contributed by atoms with Crippen molar-refractivity contribution in [2.75, 3.05) is 0 Å². The number of rotatable bonds is 5. The smallest absolute Gasteiger partial charge is 0.0356 e. The highest BCUT2D eigenvalue weighted by Crippen LogP contribution is 2.25. The summed E-state index contributed by atoms with van der Waals surface area (Å²) in [5.74, 6) is 0. The van der Waals surface area contributed by atoms with E-state index in [4.69, 9.17) is 12.2 Å². The molecular weight excluding hydrogens is 140 g/mol. The van der Waals surface area contributed by atoms with Gasteiger partial charge in [0.05, 0.1) is 0 Å². The maximum absolute atomic E-state index is 4.85. The van der Waals surface area contributed by atoms with Crippen LogP contribution in [0.1, 0.15) is 46.5 Å². The Kier molecular flexibility index (Phi) is 4.88. The van der Waals surface area contributed by atoms with Gasteiger partial charge >= 0.3 is 0 Å². The Bertz CT molecular complexity index is 98.9. The van der Waals surface area contributed by atoms with E-state index in [2.05, 4.69) is 26.1 Å². The zero-order valence-corrected chi connectivity index (χ0v) is 8.05. The average molecular weight is 157 g/mol. The number of thiocarbonyl (C=S) groups is 1. The van der Waals surface area contributed by atoms with Crippen LogP contribution in [0.3, 0.4) is 0 Å². The van der Waals surface area contributed by atoms with Crippen molar-refractivity contribution < 1.29 is 0 Å². The highest BCUT2D eigenvalue weighted by molar-refractivity contribution is 7.79. The molecule has 0 saturated heterocycles. The van der Waals surface area contributed by atoms with Crippen LogP contribution in [0.15, 0.2) is 0 Å². The molecule has 0 saturated carbocycles. The topological polar surface area (TPSA) is 0 Å². The van der Waals surface area contributed by atoms with Gasteiger partial charge in [-0.3, -0.25) is 0 Å². The molecule has 0 bridgehead atoms. The Morgan fingerprint density at radius 3 is 2.30 bits per heavy atom. The van der Waals surface area contributed by atoms with Gasteiger partial charge in [-0.25, -0.2) is 0 Å². The number of hydrogen-bond donors (Lipinski definition) is 0. The highest BCUT2D eigenvalue weighted by atomic mass is 32.1. The molecule has 0 aliphatic carbocycles. The van der Waals surface area contributed by atoms with Crippen molar-refractivity contribution in [3.8, 4) is 0 Å². The quantitative estimate of drug-likeness (QED) is 0.551. The van der Waals surface area contributed by atoms with E-state index >= 15 is 0 Å². The first-order valence-corrected chi connectivity index (χ1v) is 4.48. The fraction of sp³-hybridized carbons (Fsp3) is 0.889. The molecule has 0 aliphatic rings. The van der Waals surface area contributed by atoms with Crippen LogP contribution < -0.4 is 0 Å². The second-order valence-corrected chi connectivity index (χ2v) is 3.32. The number of unbranched alkanes of at least 4 members (excludes halogenated alkanes) is 1. The maximum Gasteiger partial charge on any atom is 0.0356 e. The van der Waals surface area contributed by atoms with Crippen LogP contribution in [-0.4, -0.2) is 5.37 Å². The molecule has 0 aromatic heterocycles. The molecule has 0 heterocycles. The van der Waals surface area contributed by atoms with E-state index in [-0.39, 0.29) is 5.41 Å². The van der Waals surface area contributed by atoms with Gasteiger partial charge in [0.2, 0.25) is 0 Å². The summed E-state index contributed by atoms with van der Waals surface area (Å²) >= 11 is 4.85. The van der Waals surface area contributed by atoms with E-state index < -0.39 is 0 Å². The molecule has 0 amide bonds. The molecule has 1 heteroatoms. The zero-order valence-electron chi connectivity index (χ0n) is 7.24. The predicted octanol–water partition coefficient (Wildman–Crippen LogP) is 3.47. The third-order valence-electron chi connectivity index (χ3n) is 2.11. The lowest BCUT2D eigenvalue weighted by Gasteiger charge is -2.21. The molecule has 0 aromatic carbocycles. The average Bonchev–Trinajstić information content (AvgIpc) is 2.00. The van der Waals surface area contributed by atoms with Crippen molar-refractivity contribution in [3.05, 3.63) is 0 Å². The minimum absolute atomic E-state index is 0.200. The minimum Gasteiger partial charge on any atom is -0.0831 e. The Balaban J connectivity index is 3.68. The fourth-order valence-corrected chi connectivity index (χ4v) is 1.11. The molecule has 59 valence electrons. The third kappa shape index (κ3) is 3.31. The first-order chi connectivity index (χ1) is 4.68. The van der Waals surface area contributed by atoms with Gasteiger partial charge in [-0.2, -0.15) is 0 Å². The Labute approximate surface area is 70.0 Å². The Hall–Kier alpha value is 0.0900. The summed E-state index contributed by atoms with van der Waals surface area (Å²) in [7, 11) is 0. The van der Waals surface area contributed by atoms with Gasteiger partial charge in [-0.1, -0.05) is 45.8 Å². The fourth-order valence-electron chi connectivity index (χ4n) is 0.867. The Morgan fingerprint density at radius 2 is 2.00 bits per heavy atom. The third-order valence-corrected chi connectivity index (χ3v) is 2.60. The summed E-state index contributed by atoms with van der Waals surface area (Å²) in [6, 6.07) is 0. The van der Waals surface area contributed by atoms with Crippen LogP contribution in [0, 0.1) is 5.41 Å². The highest BCUT2D eigenvalue weighted by Gasteiger charge is 2.17.